The Morgan fingerprint density at radius 2 is 0.850 bits per heavy atom. The Bertz CT molecular complexity index is 1200. The van der Waals surface area contributed by atoms with Crippen LogP contribution in [0.5, 0.6) is 0 Å². The molecule has 0 amide bonds. The number of hydrogen-bond donors (Lipinski definition) is 0. The summed E-state index contributed by atoms with van der Waals surface area (Å²) in [4.78, 5) is 35.6. The Morgan fingerprint density at radius 3 is 1.07 bits per heavy atom. The molecule has 0 heterocycles. The highest BCUT2D eigenvalue weighted by molar-refractivity contribution is 5.61. The third kappa shape index (κ3) is 7.79. The van der Waals surface area contributed by atoms with E-state index in [1.54, 1.807) is 0 Å². The zero-order valence-corrected chi connectivity index (χ0v) is 26.0. The minimum absolute atomic E-state index is 0.0338. The summed E-state index contributed by atoms with van der Waals surface area (Å²) in [5.41, 5.74) is 2.18. The fourth-order valence-corrected chi connectivity index (χ4v) is 4.72. The van der Waals surface area contributed by atoms with Gasteiger partial charge >= 0.3 is 6.16 Å². The van der Waals surface area contributed by atoms with Crippen molar-refractivity contribution < 1.29 is 24.1 Å². The molecule has 9 nitrogen and oxygen atoms in total. The number of carbonyl (C=O) groups is 1. The molecule has 0 fully saturated rings. The van der Waals surface area contributed by atoms with Crippen molar-refractivity contribution in [2.24, 2.45) is 0 Å². The van der Waals surface area contributed by atoms with Gasteiger partial charge in [0.1, 0.15) is 13.2 Å². The topological polar surface area (TPSA) is 122 Å². The zero-order chi connectivity index (χ0) is 31.0. The minimum atomic E-state index is -0.968. The minimum Gasteiger partial charge on any atom is -0.429 e. The van der Waals surface area contributed by atoms with Crippen LogP contribution in [-0.2, 0) is 44.3 Å². The van der Waals surface area contributed by atoms with E-state index in [0.29, 0.717) is 22.3 Å². The van der Waals surface area contributed by atoms with Crippen molar-refractivity contribution in [1.82, 2.24) is 0 Å². The standard InChI is InChI=1S/C31H44N2O7/c1-28(2,3)21-15-23(30(7,8)9)25(32(35)36)13-19(21)17-39-27(34)40-18-20-14-26(33(37)38)24(31(10,11)12)16-22(20)29(4,5)6/h13-16H,17-18H2,1-12H3. The summed E-state index contributed by atoms with van der Waals surface area (Å²) in [5.74, 6) is 0. The van der Waals surface area contributed by atoms with E-state index in [4.69, 9.17) is 9.47 Å². The summed E-state index contributed by atoms with van der Waals surface area (Å²) in [6.45, 7) is 23.0. The lowest BCUT2D eigenvalue weighted by Crippen LogP contribution is -2.21. The molecule has 0 spiro atoms. The predicted molar refractivity (Wildman–Crippen MR) is 156 cm³/mol. The van der Waals surface area contributed by atoms with Crippen LogP contribution in [0.4, 0.5) is 16.2 Å². The molecule has 40 heavy (non-hydrogen) atoms. The van der Waals surface area contributed by atoms with Crippen molar-refractivity contribution in [3.8, 4) is 0 Å². The van der Waals surface area contributed by atoms with Crippen LogP contribution in [0.3, 0.4) is 0 Å². The molecule has 2 aromatic carbocycles. The summed E-state index contributed by atoms with van der Waals surface area (Å²) in [6, 6.07) is 6.60. The molecular formula is C31H44N2O7. The van der Waals surface area contributed by atoms with Gasteiger partial charge in [-0.05, 0) is 44.9 Å². The Hall–Kier alpha value is -3.49. The molecule has 0 atom stereocenters. The lowest BCUT2D eigenvalue weighted by atomic mass is 9.77. The average Bonchev–Trinajstić information content (AvgIpc) is 2.77. The molecular weight excluding hydrogens is 512 g/mol. The molecule has 0 aliphatic heterocycles. The molecule has 220 valence electrons. The van der Waals surface area contributed by atoms with E-state index in [1.807, 2.05) is 95.2 Å². The van der Waals surface area contributed by atoms with E-state index < -0.39 is 26.8 Å². The second kappa shape index (κ2) is 11.2. The molecule has 0 N–H and O–H groups in total. The summed E-state index contributed by atoms with van der Waals surface area (Å²) in [6.07, 6.45) is -0.968. The number of nitro groups is 2. The molecule has 0 radical (unpaired) electrons. The van der Waals surface area contributed by atoms with Gasteiger partial charge in [-0.25, -0.2) is 4.79 Å². The maximum Gasteiger partial charge on any atom is 0.508 e. The van der Waals surface area contributed by atoms with Crippen LogP contribution in [-0.4, -0.2) is 16.0 Å². The molecule has 0 saturated heterocycles. The first-order valence-corrected chi connectivity index (χ1v) is 13.4. The number of rotatable bonds is 6. The number of nitro benzene ring substituents is 2. The molecule has 0 saturated carbocycles. The van der Waals surface area contributed by atoms with Crippen molar-refractivity contribution >= 4 is 17.5 Å². The van der Waals surface area contributed by atoms with Gasteiger partial charge in [0.05, 0.1) is 9.85 Å². The third-order valence-electron chi connectivity index (χ3n) is 6.76. The molecule has 9 heteroatoms. The fraction of sp³-hybridized carbons (Fsp3) is 0.581. The van der Waals surface area contributed by atoms with E-state index in [9.17, 15) is 25.0 Å². The van der Waals surface area contributed by atoms with Crippen molar-refractivity contribution in [3.63, 3.8) is 0 Å². The Balaban J connectivity index is 2.39. The monoisotopic (exact) mass is 556 g/mol. The van der Waals surface area contributed by atoms with Crippen LogP contribution in [0.2, 0.25) is 0 Å². The smallest absolute Gasteiger partial charge is 0.429 e. The highest BCUT2D eigenvalue weighted by Crippen LogP contribution is 2.39. The molecule has 0 aliphatic rings. The van der Waals surface area contributed by atoms with E-state index in [0.717, 1.165) is 11.1 Å². The first-order chi connectivity index (χ1) is 17.9. The highest BCUT2D eigenvalue weighted by atomic mass is 16.7. The van der Waals surface area contributed by atoms with Crippen LogP contribution < -0.4 is 0 Å². The normalized spacial score (nSPS) is 12.7. The van der Waals surface area contributed by atoms with Gasteiger partial charge in [0.15, 0.2) is 0 Å². The maximum absolute atomic E-state index is 12.7. The molecule has 0 bridgehead atoms. The predicted octanol–water partition coefficient (Wildman–Crippen LogP) is 8.55. The van der Waals surface area contributed by atoms with Crippen molar-refractivity contribution in [2.45, 2.75) is 118 Å². The molecule has 0 aliphatic carbocycles. The van der Waals surface area contributed by atoms with Crippen LogP contribution in [0, 0.1) is 20.2 Å². The van der Waals surface area contributed by atoms with Crippen LogP contribution in [0.25, 0.3) is 0 Å². The van der Waals surface area contributed by atoms with Crippen molar-refractivity contribution in [3.05, 3.63) is 77.9 Å². The summed E-state index contributed by atoms with van der Waals surface area (Å²) < 4.78 is 10.8. The average molecular weight is 557 g/mol. The number of hydrogen-bond acceptors (Lipinski definition) is 7. The quantitative estimate of drug-likeness (QED) is 0.198. The summed E-state index contributed by atoms with van der Waals surface area (Å²) in [5, 5.41) is 23.8. The largest absolute Gasteiger partial charge is 0.508 e. The van der Waals surface area contributed by atoms with Crippen LogP contribution in [0.1, 0.15) is 116 Å². The van der Waals surface area contributed by atoms with E-state index >= 15 is 0 Å². The van der Waals surface area contributed by atoms with Gasteiger partial charge < -0.3 is 9.47 Å². The van der Waals surface area contributed by atoms with Gasteiger partial charge in [-0.2, -0.15) is 0 Å². The van der Waals surface area contributed by atoms with Gasteiger partial charge in [-0.3, -0.25) is 20.2 Å². The lowest BCUT2D eigenvalue weighted by Gasteiger charge is -2.27. The van der Waals surface area contributed by atoms with Crippen LogP contribution in [0.15, 0.2) is 24.3 Å². The second-order valence-electron chi connectivity index (χ2n) is 14.4. The SMILES string of the molecule is CC(C)(C)c1cc(C(C)(C)C)c([N+](=O)[O-])cc1COC(=O)OCc1cc([N+](=O)[O-])c(C(C)(C)C)cc1C(C)(C)C. The summed E-state index contributed by atoms with van der Waals surface area (Å²) in [7, 11) is 0. The molecule has 0 aromatic heterocycles. The number of ether oxygens (including phenoxy) is 2. The van der Waals surface area contributed by atoms with Gasteiger partial charge in [0.25, 0.3) is 11.4 Å². The van der Waals surface area contributed by atoms with E-state index in [1.165, 1.54) is 12.1 Å². The number of nitrogens with zero attached hydrogens (tertiary/aromatic N) is 2. The van der Waals surface area contributed by atoms with Crippen molar-refractivity contribution in [2.75, 3.05) is 0 Å². The van der Waals surface area contributed by atoms with Gasteiger partial charge in [-0.15, -0.1) is 0 Å². The first-order valence-electron chi connectivity index (χ1n) is 13.4. The third-order valence-corrected chi connectivity index (χ3v) is 6.76. The Kier molecular flexibility index (Phi) is 9.14. The van der Waals surface area contributed by atoms with Crippen molar-refractivity contribution in [1.29, 1.82) is 0 Å². The van der Waals surface area contributed by atoms with Gasteiger partial charge in [0, 0.05) is 34.4 Å². The zero-order valence-electron chi connectivity index (χ0n) is 26.0. The molecule has 2 aromatic rings. The van der Waals surface area contributed by atoms with E-state index in [-0.39, 0.29) is 35.4 Å². The summed E-state index contributed by atoms with van der Waals surface area (Å²) >= 11 is 0. The molecule has 0 unspecified atom stereocenters. The number of carbonyl (C=O) groups excluding carboxylic acids is 1. The van der Waals surface area contributed by atoms with Crippen LogP contribution >= 0.6 is 0 Å². The fourth-order valence-electron chi connectivity index (χ4n) is 4.72. The lowest BCUT2D eigenvalue weighted by molar-refractivity contribution is -0.386. The Morgan fingerprint density at radius 1 is 0.575 bits per heavy atom. The van der Waals surface area contributed by atoms with Gasteiger partial charge in [0.2, 0.25) is 0 Å². The first kappa shape index (κ1) is 32.7. The second-order valence-corrected chi connectivity index (χ2v) is 14.4. The van der Waals surface area contributed by atoms with Gasteiger partial charge in [-0.1, -0.05) is 83.1 Å². The van der Waals surface area contributed by atoms with E-state index in [2.05, 4.69) is 0 Å². The Labute approximate surface area is 237 Å². The highest BCUT2D eigenvalue weighted by Gasteiger charge is 2.32. The molecule has 2 rings (SSSR count). The number of benzene rings is 2. The maximum atomic E-state index is 12.7.